The van der Waals surface area contributed by atoms with Crippen molar-refractivity contribution in [3.05, 3.63) is 29.8 Å². The Labute approximate surface area is 168 Å². The first-order valence-corrected chi connectivity index (χ1v) is 9.52. The van der Waals surface area contributed by atoms with E-state index >= 15 is 0 Å². The van der Waals surface area contributed by atoms with Crippen LogP contribution in [0.1, 0.15) is 25.3 Å². The second kappa shape index (κ2) is 10.7. The van der Waals surface area contributed by atoms with E-state index in [4.69, 9.17) is 4.74 Å². The Morgan fingerprint density at radius 1 is 1.17 bits per heavy atom. The molecule has 0 bridgehead atoms. The van der Waals surface area contributed by atoms with Crippen molar-refractivity contribution in [2.75, 3.05) is 33.3 Å². The highest BCUT2D eigenvalue weighted by Gasteiger charge is 2.28. The molecule has 0 aliphatic carbocycles. The molecule has 29 heavy (non-hydrogen) atoms. The summed E-state index contributed by atoms with van der Waals surface area (Å²) in [5.74, 6) is -0.829. The van der Waals surface area contributed by atoms with Crippen molar-refractivity contribution < 1.29 is 32.6 Å². The van der Waals surface area contributed by atoms with Crippen molar-refractivity contribution in [1.29, 1.82) is 0 Å². The van der Waals surface area contributed by atoms with Gasteiger partial charge in [-0.2, -0.15) is 8.78 Å². The van der Waals surface area contributed by atoms with Crippen LogP contribution in [0, 0.1) is 5.92 Å². The summed E-state index contributed by atoms with van der Waals surface area (Å²) in [6.07, 6.45) is 1.15. The lowest BCUT2D eigenvalue weighted by molar-refractivity contribution is -0.151. The number of esters is 1. The number of ether oxygens (including phenoxy) is 2. The minimum absolute atomic E-state index is 0.0194. The molecule has 9 heteroatoms. The van der Waals surface area contributed by atoms with Crippen molar-refractivity contribution in [2.45, 2.75) is 32.8 Å². The highest BCUT2D eigenvalue weighted by atomic mass is 19.3. The summed E-state index contributed by atoms with van der Waals surface area (Å²) >= 11 is 0. The number of piperidine rings is 1. The summed E-state index contributed by atoms with van der Waals surface area (Å²) in [4.78, 5) is 39.5. The second-order valence-electron chi connectivity index (χ2n) is 6.86. The summed E-state index contributed by atoms with van der Waals surface area (Å²) in [6.45, 7) is 0.0467. The molecule has 2 amide bonds. The molecule has 7 nitrogen and oxygen atoms in total. The average Bonchev–Trinajstić information content (AvgIpc) is 2.69. The summed E-state index contributed by atoms with van der Waals surface area (Å²) in [5.41, 5.74) is 0.631. The molecule has 2 rings (SSSR count). The van der Waals surface area contributed by atoms with Gasteiger partial charge in [-0.05, 0) is 37.5 Å². The first-order chi connectivity index (χ1) is 13.8. The van der Waals surface area contributed by atoms with Gasteiger partial charge < -0.3 is 19.3 Å². The number of carbonyl (C=O) groups excluding carboxylic acids is 3. The molecular formula is C20H26F2N2O5. The van der Waals surface area contributed by atoms with E-state index in [0.717, 1.165) is 0 Å². The lowest BCUT2D eigenvalue weighted by atomic mass is 9.97. The number of amides is 2. The van der Waals surface area contributed by atoms with Crippen molar-refractivity contribution in [2.24, 2.45) is 5.92 Å². The fourth-order valence-corrected chi connectivity index (χ4v) is 3.11. The Kier molecular flexibility index (Phi) is 8.35. The van der Waals surface area contributed by atoms with Gasteiger partial charge in [0.25, 0.3) is 0 Å². The van der Waals surface area contributed by atoms with Gasteiger partial charge in [0.05, 0.1) is 25.5 Å². The minimum Gasteiger partial charge on any atom is -0.466 e. The summed E-state index contributed by atoms with van der Waals surface area (Å²) in [5, 5.41) is 0. The Balaban J connectivity index is 1.79. The normalized spacial score (nSPS) is 14.6. The van der Waals surface area contributed by atoms with Crippen LogP contribution >= 0.6 is 0 Å². The number of hydrogen-bond acceptors (Lipinski definition) is 5. The molecule has 1 aliphatic rings. The molecule has 0 radical (unpaired) electrons. The molecule has 0 atom stereocenters. The smallest absolute Gasteiger partial charge is 0.387 e. The van der Waals surface area contributed by atoms with Gasteiger partial charge in [-0.25, -0.2) is 0 Å². The van der Waals surface area contributed by atoms with Gasteiger partial charge in [-0.3, -0.25) is 14.4 Å². The van der Waals surface area contributed by atoms with Gasteiger partial charge in [0.1, 0.15) is 5.75 Å². The topological polar surface area (TPSA) is 76.2 Å². The maximum Gasteiger partial charge on any atom is 0.387 e. The average molecular weight is 412 g/mol. The number of nitrogens with zero attached hydrogens (tertiary/aromatic N) is 2. The SMILES string of the molecule is CCOC(=O)C1CCN(C(=O)CN(C)C(=O)Cc2ccc(OC(F)F)cc2)CC1. The predicted molar refractivity (Wildman–Crippen MR) is 100 cm³/mol. The van der Waals surface area contributed by atoms with Gasteiger partial charge in [0.2, 0.25) is 11.8 Å². The van der Waals surface area contributed by atoms with E-state index < -0.39 is 6.61 Å². The standard InChI is InChI=1S/C20H26F2N2O5/c1-3-28-19(27)15-8-10-24(11-9-15)18(26)13-23(2)17(25)12-14-4-6-16(7-5-14)29-20(21)22/h4-7,15,20H,3,8-13H2,1-2H3. The van der Waals surface area contributed by atoms with E-state index in [1.165, 1.54) is 29.2 Å². The van der Waals surface area contributed by atoms with E-state index in [-0.39, 0.29) is 42.4 Å². The van der Waals surface area contributed by atoms with Crippen LogP contribution in [0.4, 0.5) is 8.78 Å². The van der Waals surface area contributed by atoms with Gasteiger partial charge >= 0.3 is 12.6 Å². The lowest BCUT2D eigenvalue weighted by Crippen LogP contribution is -2.45. The van der Waals surface area contributed by atoms with Gasteiger partial charge in [0, 0.05) is 20.1 Å². The molecule has 160 valence electrons. The Morgan fingerprint density at radius 3 is 2.34 bits per heavy atom. The number of rotatable bonds is 8. The first kappa shape index (κ1) is 22.6. The van der Waals surface area contributed by atoms with Crippen LogP contribution in [0.25, 0.3) is 0 Å². The first-order valence-electron chi connectivity index (χ1n) is 9.52. The zero-order valence-corrected chi connectivity index (χ0v) is 16.6. The van der Waals surface area contributed by atoms with Crippen LogP contribution in [-0.4, -0.2) is 67.5 Å². The van der Waals surface area contributed by atoms with E-state index in [9.17, 15) is 23.2 Å². The molecular weight excluding hydrogens is 386 g/mol. The number of hydrogen-bond donors (Lipinski definition) is 0. The maximum absolute atomic E-state index is 12.4. The molecule has 1 aliphatic heterocycles. The van der Waals surface area contributed by atoms with E-state index in [1.54, 1.807) is 18.9 Å². The third-order valence-electron chi connectivity index (χ3n) is 4.77. The Bertz CT molecular complexity index is 703. The number of alkyl halides is 2. The zero-order valence-electron chi connectivity index (χ0n) is 16.6. The van der Waals surface area contributed by atoms with Crippen LogP contribution in [0.3, 0.4) is 0 Å². The molecule has 0 spiro atoms. The molecule has 0 aromatic heterocycles. The molecule has 1 aromatic rings. The predicted octanol–water partition coefficient (Wildman–Crippen LogP) is 2.09. The third-order valence-corrected chi connectivity index (χ3v) is 4.77. The largest absolute Gasteiger partial charge is 0.466 e. The lowest BCUT2D eigenvalue weighted by Gasteiger charge is -2.32. The minimum atomic E-state index is -2.90. The molecule has 1 saturated heterocycles. The number of benzene rings is 1. The molecule has 1 aromatic carbocycles. The highest BCUT2D eigenvalue weighted by Crippen LogP contribution is 2.19. The molecule has 0 saturated carbocycles. The second-order valence-corrected chi connectivity index (χ2v) is 6.86. The van der Waals surface area contributed by atoms with Crippen molar-refractivity contribution >= 4 is 17.8 Å². The molecule has 1 heterocycles. The van der Waals surface area contributed by atoms with Crippen LogP contribution < -0.4 is 4.74 Å². The van der Waals surface area contributed by atoms with E-state index in [1.807, 2.05) is 0 Å². The molecule has 0 unspecified atom stereocenters. The van der Waals surface area contributed by atoms with Crippen molar-refractivity contribution in [3.8, 4) is 5.75 Å². The summed E-state index contributed by atoms with van der Waals surface area (Å²) in [7, 11) is 1.54. The molecule has 0 N–H and O–H groups in total. The fourth-order valence-electron chi connectivity index (χ4n) is 3.11. The van der Waals surface area contributed by atoms with Crippen molar-refractivity contribution in [3.63, 3.8) is 0 Å². The van der Waals surface area contributed by atoms with E-state index in [2.05, 4.69) is 4.74 Å². The monoisotopic (exact) mass is 412 g/mol. The number of likely N-dealkylation sites (tertiary alicyclic amines) is 1. The van der Waals surface area contributed by atoms with Crippen LogP contribution in [0.5, 0.6) is 5.75 Å². The number of carbonyl (C=O) groups is 3. The third kappa shape index (κ3) is 6.99. The van der Waals surface area contributed by atoms with Crippen LogP contribution in [-0.2, 0) is 25.5 Å². The Hall–Kier alpha value is -2.71. The molecule has 1 fully saturated rings. The van der Waals surface area contributed by atoms with Crippen molar-refractivity contribution in [1.82, 2.24) is 9.80 Å². The zero-order chi connectivity index (χ0) is 21.4. The van der Waals surface area contributed by atoms with Crippen LogP contribution in [0.15, 0.2) is 24.3 Å². The highest BCUT2D eigenvalue weighted by molar-refractivity contribution is 5.86. The number of halogens is 2. The van der Waals surface area contributed by atoms with Gasteiger partial charge in [0.15, 0.2) is 0 Å². The van der Waals surface area contributed by atoms with Gasteiger partial charge in [-0.15, -0.1) is 0 Å². The maximum atomic E-state index is 12.4. The van der Waals surface area contributed by atoms with Crippen LogP contribution in [0.2, 0.25) is 0 Å². The number of likely N-dealkylation sites (N-methyl/N-ethyl adjacent to an activating group) is 1. The summed E-state index contributed by atoms with van der Waals surface area (Å²) < 4.78 is 33.6. The summed E-state index contributed by atoms with van der Waals surface area (Å²) in [6, 6.07) is 5.80. The quantitative estimate of drug-likeness (QED) is 0.611. The van der Waals surface area contributed by atoms with E-state index in [0.29, 0.717) is 38.1 Å². The fraction of sp³-hybridized carbons (Fsp3) is 0.550. The van der Waals surface area contributed by atoms with Gasteiger partial charge in [-0.1, -0.05) is 12.1 Å². The Morgan fingerprint density at radius 2 is 1.79 bits per heavy atom.